The molecule has 2 aromatic rings. The molecule has 0 atom stereocenters. The Morgan fingerprint density at radius 1 is 1.24 bits per heavy atom. The number of nitrogens with two attached hydrogens (primary N) is 1. The van der Waals surface area contributed by atoms with Gasteiger partial charge in [-0.1, -0.05) is 24.8 Å². The Labute approximate surface area is 176 Å². The van der Waals surface area contributed by atoms with Crippen molar-refractivity contribution in [1.82, 2.24) is 19.4 Å². The van der Waals surface area contributed by atoms with E-state index in [1.807, 2.05) is 55.8 Å². The minimum Gasteiger partial charge on any atom is -0.444 e. The highest BCUT2D eigenvalue weighted by atomic mass is 32.1. The predicted molar refractivity (Wildman–Crippen MR) is 119 cm³/mol. The van der Waals surface area contributed by atoms with Crippen LogP contribution in [0.15, 0.2) is 37.0 Å². The molecule has 29 heavy (non-hydrogen) atoms. The van der Waals surface area contributed by atoms with Crippen LogP contribution in [-0.2, 0) is 4.74 Å². The molecule has 1 aliphatic heterocycles. The number of hydrogen-bond donors (Lipinski definition) is 2. The Morgan fingerprint density at radius 3 is 2.52 bits per heavy atom. The molecule has 1 saturated heterocycles. The number of aromatic amines is 1. The lowest BCUT2D eigenvalue weighted by atomic mass is 10.1. The van der Waals surface area contributed by atoms with Crippen LogP contribution >= 0.6 is 12.2 Å². The van der Waals surface area contributed by atoms with Gasteiger partial charge >= 0.3 is 6.09 Å². The Kier molecular flexibility index (Phi) is 6.14. The number of para-hydroxylation sites is 1. The van der Waals surface area contributed by atoms with Crippen molar-refractivity contribution in [2.45, 2.75) is 26.4 Å². The van der Waals surface area contributed by atoms with Crippen molar-refractivity contribution in [2.24, 2.45) is 0 Å². The summed E-state index contributed by atoms with van der Waals surface area (Å²) in [4.78, 5) is 19.4. The SMILES string of the molecule is C=C(CN1CCN(C(=O)OC(C)(C)C)CC1)n1cc(-c2ccccc2N)[nH]c1=S. The molecule has 156 valence electrons. The average Bonchev–Trinajstić information content (AvgIpc) is 3.03. The zero-order valence-corrected chi connectivity index (χ0v) is 18.1. The first-order valence-electron chi connectivity index (χ1n) is 9.69. The summed E-state index contributed by atoms with van der Waals surface area (Å²) >= 11 is 5.48. The molecule has 0 radical (unpaired) electrons. The number of benzene rings is 1. The number of nitrogen functional groups attached to an aromatic ring is 1. The maximum absolute atomic E-state index is 12.2. The van der Waals surface area contributed by atoms with Gasteiger partial charge in [0.1, 0.15) is 5.60 Å². The molecule has 0 bridgehead atoms. The van der Waals surface area contributed by atoms with Gasteiger partial charge in [0.05, 0.1) is 5.69 Å². The minimum atomic E-state index is -0.479. The molecule has 1 fully saturated rings. The molecular weight excluding hydrogens is 386 g/mol. The molecule has 1 amide bonds. The summed E-state index contributed by atoms with van der Waals surface area (Å²) in [5.41, 5.74) is 8.94. The highest BCUT2D eigenvalue weighted by Gasteiger charge is 2.26. The first-order chi connectivity index (χ1) is 13.6. The standard InChI is InChI=1S/C21H29N5O2S/c1-15(13-24-9-11-25(12-10-24)20(27)28-21(2,3)4)26-14-18(23-19(26)29)16-7-5-6-8-17(16)22/h5-8,14H,1,9-13,22H2,2-4H3,(H,23,29). The van der Waals surface area contributed by atoms with Gasteiger partial charge < -0.3 is 20.4 Å². The van der Waals surface area contributed by atoms with E-state index in [1.54, 1.807) is 4.90 Å². The van der Waals surface area contributed by atoms with Crippen molar-refractivity contribution in [2.75, 3.05) is 38.5 Å². The Hall–Kier alpha value is -2.58. The summed E-state index contributed by atoms with van der Waals surface area (Å²) < 4.78 is 7.92. The number of carbonyl (C=O) groups excluding carboxylic acids is 1. The summed E-state index contributed by atoms with van der Waals surface area (Å²) in [5, 5.41) is 0. The van der Waals surface area contributed by atoms with Crippen LogP contribution in [0.3, 0.4) is 0 Å². The second-order valence-electron chi connectivity index (χ2n) is 8.24. The second kappa shape index (κ2) is 8.42. The summed E-state index contributed by atoms with van der Waals surface area (Å²) in [5.74, 6) is 0. The van der Waals surface area contributed by atoms with E-state index in [2.05, 4.69) is 16.5 Å². The fourth-order valence-electron chi connectivity index (χ4n) is 3.26. The Balaban J connectivity index is 1.60. The lowest BCUT2D eigenvalue weighted by Crippen LogP contribution is -2.50. The Bertz CT molecular complexity index is 948. The topological polar surface area (TPSA) is 79.5 Å². The number of carbonyl (C=O) groups is 1. The zero-order chi connectivity index (χ0) is 21.2. The summed E-state index contributed by atoms with van der Waals surface area (Å²) in [6.45, 7) is 13.3. The number of rotatable bonds is 4. The fourth-order valence-corrected chi connectivity index (χ4v) is 3.55. The molecule has 0 saturated carbocycles. The van der Waals surface area contributed by atoms with E-state index >= 15 is 0 Å². The number of nitrogens with zero attached hydrogens (tertiary/aromatic N) is 3. The second-order valence-corrected chi connectivity index (χ2v) is 8.63. The first-order valence-corrected chi connectivity index (χ1v) is 10.1. The third-order valence-corrected chi connectivity index (χ3v) is 5.04. The van der Waals surface area contributed by atoms with Gasteiger partial charge in [-0.3, -0.25) is 9.47 Å². The molecular formula is C21H29N5O2S. The van der Waals surface area contributed by atoms with E-state index in [1.165, 1.54) is 0 Å². The highest BCUT2D eigenvalue weighted by Crippen LogP contribution is 2.25. The molecule has 8 heteroatoms. The van der Waals surface area contributed by atoms with Crippen molar-refractivity contribution in [3.05, 3.63) is 41.8 Å². The van der Waals surface area contributed by atoms with Gasteiger partial charge in [0, 0.05) is 55.9 Å². The van der Waals surface area contributed by atoms with Crippen molar-refractivity contribution in [3.63, 3.8) is 0 Å². The summed E-state index contributed by atoms with van der Waals surface area (Å²) in [6, 6.07) is 7.67. The van der Waals surface area contributed by atoms with Crippen LogP contribution in [0.25, 0.3) is 17.0 Å². The zero-order valence-electron chi connectivity index (χ0n) is 17.3. The van der Waals surface area contributed by atoms with Gasteiger partial charge in [0.15, 0.2) is 4.77 Å². The smallest absolute Gasteiger partial charge is 0.410 e. The van der Waals surface area contributed by atoms with Crippen molar-refractivity contribution < 1.29 is 9.53 Å². The molecule has 1 aromatic heterocycles. The van der Waals surface area contributed by atoms with Gasteiger partial charge in [-0.05, 0) is 39.1 Å². The number of amides is 1. The lowest BCUT2D eigenvalue weighted by Gasteiger charge is -2.35. The average molecular weight is 416 g/mol. The van der Waals surface area contributed by atoms with Crippen LogP contribution in [0.2, 0.25) is 0 Å². The summed E-state index contributed by atoms with van der Waals surface area (Å²) in [6.07, 6.45) is 1.68. The summed E-state index contributed by atoms with van der Waals surface area (Å²) in [7, 11) is 0. The number of H-pyrrole nitrogens is 1. The molecule has 1 aliphatic rings. The molecule has 0 unspecified atom stereocenters. The van der Waals surface area contributed by atoms with E-state index in [9.17, 15) is 4.79 Å². The molecule has 7 nitrogen and oxygen atoms in total. The largest absolute Gasteiger partial charge is 0.444 e. The van der Waals surface area contributed by atoms with Crippen LogP contribution in [-0.4, -0.2) is 63.8 Å². The quantitative estimate of drug-likeness (QED) is 0.586. The molecule has 3 rings (SSSR count). The van der Waals surface area contributed by atoms with Gasteiger partial charge in [-0.15, -0.1) is 0 Å². The fraction of sp³-hybridized carbons (Fsp3) is 0.429. The van der Waals surface area contributed by atoms with Gasteiger partial charge in [0.2, 0.25) is 0 Å². The maximum Gasteiger partial charge on any atom is 0.410 e. The number of anilines is 1. The van der Waals surface area contributed by atoms with Crippen LogP contribution in [0.4, 0.5) is 10.5 Å². The van der Waals surface area contributed by atoms with E-state index in [0.29, 0.717) is 30.1 Å². The number of nitrogens with one attached hydrogen (secondary N) is 1. The van der Waals surface area contributed by atoms with Gasteiger partial charge in [-0.2, -0.15) is 0 Å². The Morgan fingerprint density at radius 2 is 1.90 bits per heavy atom. The number of piperazine rings is 1. The number of ether oxygens (including phenoxy) is 1. The lowest BCUT2D eigenvalue weighted by molar-refractivity contribution is 0.0155. The van der Waals surface area contributed by atoms with E-state index in [0.717, 1.165) is 30.0 Å². The minimum absolute atomic E-state index is 0.256. The maximum atomic E-state index is 12.2. The van der Waals surface area contributed by atoms with E-state index in [-0.39, 0.29) is 6.09 Å². The van der Waals surface area contributed by atoms with Crippen molar-refractivity contribution in [3.8, 4) is 11.3 Å². The van der Waals surface area contributed by atoms with Gasteiger partial charge in [0.25, 0.3) is 0 Å². The van der Waals surface area contributed by atoms with Crippen LogP contribution in [0, 0.1) is 4.77 Å². The van der Waals surface area contributed by atoms with Gasteiger partial charge in [-0.25, -0.2) is 4.79 Å². The molecule has 2 heterocycles. The number of imidazole rings is 1. The monoisotopic (exact) mass is 415 g/mol. The molecule has 0 aliphatic carbocycles. The van der Waals surface area contributed by atoms with Crippen molar-refractivity contribution in [1.29, 1.82) is 0 Å². The predicted octanol–water partition coefficient (Wildman–Crippen LogP) is 3.82. The van der Waals surface area contributed by atoms with Crippen molar-refractivity contribution >= 4 is 29.7 Å². The molecule has 0 spiro atoms. The third-order valence-electron chi connectivity index (χ3n) is 4.74. The molecule has 3 N–H and O–H groups in total. The van der Waals surface area contributed by atoms with E-state index < -0.39 is 5.60 Å². The number of aromatic nitrogens is 2. The number of hydrogen-bond acceptors (Lipinski definition) is 5. The van der Waals surface area contributed by atoms with Crippen LogP contribution in [0.1, 0.15) is 20.8 Å². The third kappa shape index (κ3) is 5.27. The highest BCUT2D eigenvalue weighted by molar-refractivity contribution is 7.71. The van der Waals surface area contributed by atoms with Crippen LogP contribution in [0.5, 0.6) is 0 Å². The van der Waals surface area contributed by atoms with E-state index in [4.69, 9.17) is 22.7 Å². The first kappa shape index (κ1) is 21.1. The normalized spacial score (nSPS) is 15.3. The molecule has 1 aromatic carbocycles. The van der Waals surface area contributed by atoms with Crippen LogP contribution < -0.4 is 5.73 Å².